The molecule has 1 saturated carbocycles. The second-order valence-corrected chi connectivity index (χ2v) is 6.19. The van der Waals surface area contributed by atoms with E-state index in [9.17, 15) is 4.79 Å². The van der Waals surface area contributed by atoms with E-state index in [2.05, 4.69) is 25.7 Å². The first-order valence-corrected chi connectivity index (χ1v) is 8.14. The summed E-state index contributed by atoms with van der Waals surface area (Å²) in [5, 5.41) is 0. The van der Waals surface area contributed by atoms with Crippen LogP contribution in [0.5, 0.6) is 0 Å². The highest BCUT2D eigenvalue weighted by Crippen LogP contribution is 2.30. The lowest BCUT2D eigenvalue weighted by Gasteiger charge is -2.35. The van der Waals surface area contributed by atoms with Crippen LogP contribution in [0.1, 0.15) is 65.7 Å². The van der Waals surface area contributed by atoms with Gasteiger partial charge in [-0.15, -0.1) is 0 Å². The summed E-state index contributed by atoms with van der Waals surface area (Å²) in [6, 6.07) is 0.226. The average molecular weight is 268 g/mol. The van der Waals surface area contributed by atoms with Gasteiger partial charge in [-0.25, -0.2) is 0 Å². The Bertz CT molecular complexity index is 259. The van der Waals surface area contributed by atoms with Crippen molar-refractivity contribution in [2.45, 2.75) is 71.8 Å². The van der Waals surface area contributed by atoms with E-state index < -0.39 is 0 Å². The highest BCUT2D eigenvalue weighted by Gasteiger charge is 2.33. The van der Waals surface area contributed by atoms with Crippen molar-refractivity contribution in [3.63, 3.8) is 0 Å². The third kappa shape index (κ3) is 5.13. The minimum atomic E-state index is 0.164. The highest BCUT2D eigenvalue weighted by atomic mass is 16.2. The lowest BCUT2D eigenvalue weighted by Crippen LogP contribution is -2.44. The number of unbranched alkanes of at least 4 members (excludes halogenated alkanes) is 2. The summed E-state index contributed by atoms with van der Waals surface area (Å²) < 4.78 is 0. The zero-order chi connectivity index (χ0) is 14.3. The van der Waals surface area contributed by atoms with Crippen LogP contribution in [0, 0.1) is 11.8 Å². The molecule has 1 aliphatic rings. The van der Waals surface area contributed by atoms with Gasteiger partial charge in [-0.3, -0.25) is 4.79 Å². The van der Waals surface area contributed by atoms with Crippen LogP contribution in [-0.4, -0.2) is 29.9 Å². The molecule has 1 aliphatic carbocycles. The Hall–Kier alpha value is -0.570. The molecule has 3 heteroatoms. The molecule has 0 radical (unpaired) electrons. The quantitative estimate of drug-likeness (QED) is 0.771. The topological polar surface area (TPSA) is 46.3 Å². The van der Waals surface area contributed by atoms with Crippen LogP contribution in [0.2, 0.25) is 0 Å². The minimum absolute atomic E-state index is 0.164. The Morgan fingerprint density at radius 1 is 1.16 bits per heavy atom. The van der Waals surface area contributed by atoms with Crippen molar-refractivity contribution in [2.24, 2.45) is 17.6 Å². The van der Waals surface area contributed by atoms with Crippen LogP contribution < -0.4 is 5.73 Å². The number of amides is 1. The van der Waals surface area contributed by atoms with Gasteiger partial charge in [0.1, 0.15) is 0 Å². The fourth-order valence-corrected chi connectivity index (χ4v) is 2.96. The zero-order valence-electron chi connectivity index (χ0n) is 13.0. The molecular weight excluding hydrogens is 236 g/mol. The predicted molar refractivity (Wildman–Crippen MR) is 80.9 cm³/mol. The van der Waals surface area contributed by atoms with Gasteiger partial charge in [0.15, 0.2) is 0 Å². The summed E-state index contributed by atoms with van der Waals surface area (Å²) >= 11 is 0. The Morgan fingerprint density at radius 3 is 2.26 bits per heavy atom. The molecule has 0 aromatic heterocycles. The summed E-state index contributed by atoms with van der Waals surface area (Å²) in [6.07, 6.45) is 7.59. The molecule has 0 aliphatic heterocycles. The van der Waals surface area contributed by atoms with Crippen molar-refractivity contribution in [3.8, 4) is 0 Å². The Morgan fingerprint density at radius 2 is 1.74 bits per heavy atom. The normalized spacial score (nSPS) is 27.3. The molecule has 0 saturated heterocycles. The Kier molecular flexibility index (Phi) is 7.44. The summed E-state index contributed by atoms with van der Waals surface area (Å²) in [5.41, 5.74) is 6.05. The predicted octanol–water partition coefficient (Wildman–Crippen LogP) is 3.18. The van der Waals surface area contributed by atoms with E-state index in [0.717, 1.165) is 58.0 Å². The first kappa shape index (κ1) is 16.5. The molecule has 3 unspecified atom stereocenters. The van der Waals surface area contributed by atoms with Gasteiger partial charge < -0.3 is 10.6 Å². The van der Waals surface area contributed by atoms with Crippen molar-refractivity contribution in [1.29, 1.82) is 0 Å². The number of carbonyl (C=O) groups excluding carboxylic acids is 1. The van der Waals surface area contributed by atoms with Gasteiger partial charge in [-0.05, 0) is 38.0 Å². The molecule has 3 nitrogen and oxygen atoms in total. The van der Waals surface area contributed by atoms with E-state index in [1.807, 2.05) is 0 Å². The van der Waals surface area contributed by atoms with Crippen molar-refractivity contribution in [2.75, 3.05) is 13.1 Å². The van der Waals surface area contributed by atoms with Gasteiger partial charge >= 0.3 is 0 Å². The third-order valence-corrected chi connectivity index (χ3v) is 4.43. The molecule has 19 heavy (non-hydrogen) atoms. The van der Waals surface area contributed by atoms with Gasteiger partial charge in [0.2, 0.25) is 5.91 Å². The zero-order valence-corrected chi connectivity index (χ0v) is 13.0. The maximum absolute atomic E-state index is 12.7. The second kappa shape index (κ2) is 8.57. The fraction of sp³-hybridized carbons (Fsp3) is 0.938. The summed E-state index contributed by atoms with van der Waals surface area (Å²) in [5.74, 6) is 1.03. The molecule has 0 aromatic rings. The van der Waals surface area contributed by atoms with Gasteiger partial charge in [0.05, 0.1) is 0 Å². The van der Waals surface area contributed by atoms with E-state index in [-0.39, 0.29) is 12.0 Å². The van der Waals surface area contributed by atoms with Crippen molar-refractivity contribution in [3.05, 3.63) is 0 Å². The highest BCUT2D eigenvalue weighted by molar-refractivity contribution is 5.79. The van der Waals surface area contributed by atoms with Crippen LogP contribution in [0.4, 0.5) is 0 Å². The molecule has 0 spiro atoms. The first-order valence-electron chi connectivity index (χ1n) is 8.14. The molecule has 112 valence electrons. The Balaban J connectivity index is 2.61. The fourth-order valence-electron chi connectivity index (χ4n) is 2.96. The van der Waals surface area contributed by atoms with E-state index in [4.69, 9.17) is 5.73 Å². The number of rotatable bonds is 7. The number of hydrogen-bond donors (Lipinski definition) is 1. The van der Waals surface area contributed by atoms with E-state index in [1.54, 1.807) is 0 Å². The van der Waals surface area contributed by atoms with Gasteiger partial charge in [0, 0.05) is 25.0 Å². The lowest BCUT2D eigenvalue weighted by molar-refractivity contribution is -0.138. The van der Waals surface area contributed by atoms with Gasteiger partial charge in [0.25, 0.3) is 0 Å². The van der Waals surface area contributed by atoms with E-state index >= 15 is 0 Å². The standard InChI is InChI=1S/C16H32N2O/c1-4-6-10-18(11-7-5-2)16(19)15-12-14(17)9-8-13(15)3/h13-15H,4-12,17H2,1-3H3. The average Bonchev–Trinajstić information content (AvgIpc) is 2.41. The molecule has 0 heterocycles. The maximum Gasteiger partial charge on any atom is 0.226 e. The second-order valence-electron chi connectivity index (χ2n) is 6.19. The summed E-state index contributed by atoms with van der Waals surface area (Å²) in [6.45, 7) is 8.43. The first-order chi connectivity index (χ1) is 9.10. The van der Waals surface area contributed by atoms with E-state index in [0.29, 0.717) is 11.8 Å². The van der Waals surface area contributed by atoms with Crippen LogP contribution >= 0.6 is 0 Å². The van der Waals surface area contributed by atoms with E-state index in [1.165, 1.54) is 0 Å². The maximum atomic E-state index is 12.7. The number of nitrogens with two attached hydrogens (primary N) is 1. The minimum Gasteiger partial charge on any atom is -0.342 e. The Labute approximate surface area is 118 Å². The molecule has 0 aromatic carbocycles. The van der Waals surface area contributed by atoms with Crippen molar-refractivity contribution < 1.29 is 4.79 Å². The van der Waals surface area contributed by atoms with Crippen LogP contribution in [-0.2, 0) is 4.79 Å². The molecule has 0 bridgehead atoms. The smallest absolute Gasteiger partial charge is 0.226 e. The van der Waals surface area contributed by atoms with Crippen LogP contribution in [0.3, 0.4) is 0 Å². The number of carbonyl (C=O) groups is 1. The van der Waals surface area contributed by atoms with Gasteiger partial charge in [-0.1, -0.05) is 33.6 Å². The largest absolute Gasteiger partial charge is 0.342 e. The number of hydrogen-bond acceptors (Lipinski definition) is 2. The monoisotopic (exact) mass is 268 g/mol. The third-order valence-electron chi connectivity index (χ3n) is 4.43. The van der Waals surface area contributed by atoms with Crippen LogP contribution in [0.15, 0.2) is 0 Å². The molecule has 1 amide bonds. The molecule has 1 rings (SSSR count). The molecular formula is C16H32N2O. The van der Waals surface area contributed by atoms with Crippen molar-refractivity contribution >= 4 is 5.91 Å². The van der Waals surface area contributed by atoms with Gasteiger partial charge in [-0.2, -0.15) is 0 Å². The number of nitrogens with zero attached hydrogens (tertiary/aromatic N) is 1. The van der Waals surface area contributed by atoms with Crippen LogP contribution in [0.25, 0.3) is 0 Å². The molecule has 1 fully saturated rings. The molecule has 3 atom stereocenters. The summed E-state index contributed by atoms with van der Waals surface area (Å²) in [4.78, 5) is 14.8. The summed E-state index contributed by atoms with van der Waals surface area (Å²) in [7, 11) is 0. The lowest BCUT2D eigenvalue weighted by atomic mass is 9.77. The molecule has 2 N–H and O–H groups in total. The van der Waals surface area contributed by atoms with Crippen molar-refractivity contribution in [1.82, 2.24) is 4.90 Å². The SMILES string of the molecule is CCCCN(CCCC)C(=O)C1CC(N)CCC1C.